The largest absolute Gasteiger partial charge is 0.0587 e. The zero-order valence-electron chi connectivity index (χ0n) is 8.36. The first kappa shape index (κ1) is 7.85. The highest BCUT2D eigenvalue weighted by atomic mass is 14.3. The van der Waals surface area contributed by atoms with Crippen molar-refractivity contribution in [3.8, 4) is 0 Å². The van der Waals surface area contributed by atoms with Crippen molar-refractivity contribution in [3.63, 3.8) is 0 Å². The van der Waals surface area contributed by atoms with Crippen LogP contribution in [-0.2, 0) is 6.42 Å². The minimum Gasteiger partial charge on any atom is -0.0587 e. The molecule has 2 rings (SSSR count). The lowest BCUT2D eigenvalue weighted by Gasteiger charge is -2.10. The van der Waals surface area contributed by atoms with Crippen molar-refractivity contribution in [1.82, 2.24) is 0 Å². The van der Waals surface area contributed by atoms with Gasteiger partial charge in [-0.05, 0) is 54.0 Å². The lowest BCUT2D eigenvalue weighted by molar-refractivity contribution is 0.852. The van der Waals surface area contributed by atoms with Gasteiger partial charge < -0.3 is 0 Å². The van der Waals surface area contributed by atoms with Crippen LogP contribution in [0.25, 0.3) is 0 Å². The van der Waals surface area contributed by atoms with Crippen LogP contribution in [0.15, 0.2) is 6.07 Å². The molecule has 12 heavy (non-hydrogen) atoms. The molecule has 0 unspecified atom stereocenters. The van der Waals surface area contributed by atoms with Gasteiger partial charge in [0.15, 0.2) is 0 Å². The zero-order valence-corrected chi connectivity index (χ0v) is 8.36. The maximum atomic E-state index is 2.34. The topological polar surface area (TPSA) is 0 Å². The van der Waals surface area contributed by atoms with Crippen LogP contribution in [0.1, 0.15) is 47.6 Å². The van der Waals surface area contributed by atoms with Gasteiger partial charge in [0.05, 0.1) is 0 Å². The summed E-state index contributed by atoms with van der Waals surface area (Å²) in [6, 6.07) is 2.34. The van der Waals surface area contributed by atoms with Crippen molar-refractivity contribution >= 4 is 0 Å². The van der Waals surface area contributed by atoms with Crippen molar-refractivity contribution in [2.75, 3.05) is 0 Å². The molecule has 0 heterocycles. The van der Waals surface area contributed by atoms with Gasteiger partial charge in [-0.3, -0.25) is 0 Å². The van der Waals surface area contributed by atoms with Crippen molar-refractivity contribution in [2.45, 2.75) is 40.0 Å². The fourth-order valence-corrected chi connectivity index (χ4v) is 2.14. The summed E-state index contributed by atoms with van der Waals surface area (Å²) in [6.45, 7) is 9.06. The first-order valence-corrected chi connectivity index (χ1v) is 4.73. The summed E-state index contributed by atoms with van der Waals surface area (Å²) < 4.78 is 0. The normalized spacial score (nSPS) is 13.4. The molecule has 0 bridgehead atoms. The van der Waals surface area contributed by atoms with Gasteiger partial charge in [-0.25, -0.2) is 0 Å². The summed E-state index contributed by atoms with van der Waals surface area (Å²) >= 11 is 0. The molecule has 0 saturated heterocycles. The van der Waals surface area contributed by atoms with Crippen molar-refractivity contribution in [1.29, 1.82) is 0 Å². The molecule has 1 aromatic carbocycles. The molecule has 1 aliphatic rings. The third kappa shape index (κ3) is 0.979. The summed E-state index contributed by atoms with van der Waals surface area (Å²) in [5.41, 5.74) is 7.82. The van der Waals surface area contributed by atoms with Gasteiger partial charge in [0.1, 0.15) is 0 Å². The van der Waals surface area contributed by atoms with E-state index in [0.717, 1.165) is 0 Å². The third-order valence-electron chi connectivity index (χ3n) is 2.92. The molecule has 1 aromatic rings. The average Bonchev–Trinajstić information content (AvgIpc) is 2.67. The van der Waals surface area contributed by atoms with E-state index in [-0.39, 0.29) is 0 Å². The van der Waals surface area contributed by atoms with E-state index >= 15 is 0 Å². The monoisotopic (exact) mass is 160 g/mol. The molecule has 0 atom stereocenters. The summed E-state index contributed by atoms with van der Waals surface area (Å²) in [7, 11) is 0. The van der Waals surface area contributed by atoms with Crippen molar-refractivity contribution in [2.24, 2.45) is 0 Å². The Bertz CT molecular complexity index is 332. The van der Waals surface area contributed by atoms with Crippen LogP contribution in [0.4, 0.5) is 0 Å². The van der Waals surface area contributed by atoms with Gasteiger partial charge in [0, 0.05) is 0 Å². The molecular formula is C12H16. The maximum absolute atomic E-state index is 2.34. The highest BCUT2D eigenvalue weighted by molar-refractivity contribution is 5.57. The van der Waals surface area contributed by atoms with Gasteiger partial charge >= 0.3 is 0 Å². The molecule has 0 fully saturated rings. The Labute approximate surface area is 74.6 Å². The van der Waals surface area contributed by atoms with Crippen LogP contribution < -0.4 is 0 Å². The summed E-state index contributed by atoms with van der Waals surface area (Å²) in [5.74, 6) is 0.696. The smallest absolute Gasteiger partial charge is 0.00169 e. The Morgan fingerprint density at radius 2 is 1.92 bits per heavy atom. The van der Waals surface area contributed by atoms with Gasteiger partial charge in [-0.2, -0.15) is 0 Å². The van der Waals surface area contributed by atoms with Gasteiger partial charge in [-0.1, -0.05) is 19.9 Å². The van der Waals surface area contributed by atoms with E-state index in [4.69, 9.17) is 0 Å². The van der Waals surface area contributed by atoms with Gasteiger partial charge in [-0.15, -0.1) is 0 Å². The number of fused-ring (bicyclic) bond motifs is 1. The predicted molar refractivity (Wildman–Crippen MR) is 52.8 cm³/mol. The van der Waals surface area contributed by atoms with E-state index < -0.39 is 0 Å². The van der Waals surface area contributed by atoms with E-state index in [1.807, 2.05) is 0 Å². The molecule has 0 saturated carbocycles. The minimum atomic E-state index is 0.696. The molecule has 0 aromatic heterocycles. The molecule has 0 radical (unpaired) electrons. The van der Waals surface area contributed by atoms with Crippen molar-refractivity contribution in [3.05, 3.63) is 33.9 Å². The predicted octanol–water partition coefficient (Wildman–Crippen LogP) is 3.33. The quantitative estimate of drug-likeness (QED) is 0.600. The average molecular weight is 160 g/mol. The lowest BCUT2D eigenvalue weighted by atomic mass is 9.95. The first-order chi connectivity index (χ1) is 5.61. The SMILES string of the molecule is Cc1cc2c(c(C(C)C)c1C)C2. The minimum absolute atomic E-state index is 0.696. The zero-order chi connectivity index (χ0) is 8.88. The van der Waals surface area contributed by atoms with Gasteiger partial charge in [0.25, 0.3) is 0 Å². The second-order valence-corrected chi connectivity index (χ2v) is 4.20. The third-order valence-corrected chi connectivity index (χ3v) is 2.92. The Kier molecular flexibility index (Phi) is 1.54. The van der Waals surface area contributed by atoms with Crippen molar-refractivity contribution < 1.29 is 0 Å². The molecule has 0 N–H and O–H groups in total. The maximum Gasteiger partial charge on any atom is -0.00169 e. The molecule has 0 nitrogen and oxygen atoms in total. The van der Waals surface area contributed by atoms with Crippen LogP contribution in [0.5, 0.6) is 0 Å². The number of benzene rings is 1. The fraction of sp³-hybridized carbons (Fsp3) is 0.500. The Morgan fingerprint density at radius 1 is 1.25 bits per heavy atom. The second-order valence-electron chi connectivity index (χ2n) is 4.20. The molecule has 0 heteroatoms. The molecule has 0 aliphatic heterocycles. The molecule has 0 amide bonds. The fourth-order valence-electron chi connectivity index (χ4n) is 2.14. The van der Waals surface area contributed by atoms with Crippen LogP contribution in [0, 0.1) is 13.8 Å². The highest BCUT2D eigenvalue weighted by Crippen LogP contribution is 2.39. The molecular weight excluding hydrogens is 144 g/mol. The van der Waals surface area contributed by atoms with Crippen LogP contribution in [0.3, 0.4) is 0 Å². The number of rotatable bonds is 1. The molecule has 0 spiro atoms. The van der Waals surface area contributed by atoms with Crippen LogP contribution >= 0.6 is 0 Å². The van der Waals surface area contributed by atoms with Crippen LogP contribution in [-0.4, -0.2) is 0 Å². The number of aryl methyl sites for hydroxylation is 1. The van der Waals surface area contributed by atoms with Gasteiger partial charge in [0.2, 0.25) is 0 Å². The summed E-state index contributed by atoms with van der Waals surface area (Å²) in [5, 5.41) is 0. The number of hydrogen-bond donors (Lipinski definition) is 0. The second kappa shape index (κ2) is 2.35. The molecule has 64 valence electrons. The lowest BCUT2D eigenvalue weighted by Crippen LogP contribution is -1.94. The van der Waals surface area contributed by atoms with E-state index in [9.17, 15) is 0 Å². The van der Waals surface area contributed by atoms with E-state index in [1.165, 1.54) is 17.5 Å². The van der Waals surface area contributed by atoms with E-state index in [0.29, 0.717) is 5.92 Å². The van der Waals surface area contributed by atoms with Crippen LogP contribution in [0.2, 0.25) is 0 Å². The summed E-state index contributed by atoms with van der Waals surface area (Å²) in [4.78, 5) is 0. The Hall–Kier alpha value is -0.780. The van der Waals surface area contributed by atoms with E-state index in [2.05, 4.69) is 33.8 Å². The number of hydrogen-bond acceptors (Lipinski definition) is 0. The molecule has 1 aliphatic carbocycles. The Balaban J connectivity index is 2.62. The van der Waals surface area contributed by atoms with E-state index in [1.54, 1.807) is 16.7 Å². The highest BCUT2D eigenvalue weighted by Gasteiger charge is 2.24. The first-order valence-electron chi connectivity index (χ1n) is 4.73. The standard InChI is InChI=1S/C12H16/c1-7(2)12-9(4)8(3)5-10-6-11(10)12/h5,7H,6H2,1-4H3. The Morgan fingerprint density at radius 3 is 2.50 bits per heavy atom. The summed E-state index contributed by atoms with van der Waals surface area (Å²) in [6.07, 6.45) is 1.25.